The zero-order chi connectivity index (χ0) is 14.5. The number of nitrogens with one attached hydrogen (secondary N) is 3. The molecule has 0 saturated carbocycles. The van der Waals surface area contributed by atoms with Crippen LogP contribution >= 0.6 is 0 Å². The van der Waals surface area contributed by atoms with Crippen molar-refractivity contribution in [3.8, 4) is 11.3 Å². The molecule has 2 rings (SSSR count). The monoisotopic (exact) mass is 275 g/mol. The van der Waals surface area contributed by atoms with Gasteiger partial charge >= 0.3 is 0 Å². The van der Waals surface area contributed by atoms with Gasteiger partial charge in [0.25, 0.3) is 5.56 Å². The third-order valence-electron chi connectivity index (χ3n) is 2.86. The molecule has 106 valence electrons. The zero-order valence-electron chi connectivity index (χ0n) is 11.1. The van der Waals surface area contributed by atoms with Crippen molar-refractivity contribution in [2.75, 3.05) is 5.32 Å². The van der Waals surface area contributed by atoms with E-state index < -0.39 is 6.10 Å². The second kappa shape index (κ2) is 6.21. The number of aliphatic hydroxyl groups is 1. The van der Waals surface area contributed by atoms with Crippen molar-refractivity contribution < 1.29 is 9.90 Å². The standard InChI is InChI=1S/C14H17N3O3/c1-9(18)2-7-13(19)15-11-5-3-10(4-6-11)12-8-14(20)17-16-12/h3-6,8-9,18H,2,7H2,1H3,(H,15,19)(H2,16,17,20). The predicted octanol–water partition coefficient (Wildman–Crippen LogP) is 1.47. The van der Waals surface area contributed by atoms with Gasteiger partial charge in [-0.1, -0.05) is 12.1 Å². The number of amides is 1. The molecule has 0 bridgehead atoms. The molecule has 0 radical (unpaired) electrons. The molecule has 0 spiro atoms. The lowest BCUT2D eigenvalue weighted by atomic mass is 10.1. The fourth-order valence-electron chi connectivity index (χ4n) is 1.78. The number of H-pyrrole nitrogens is 2. The number of carbonyl (C=O) groups excluding carboxylic acids is 1. The average molecular weight is 275 g/mol. The highest BCUT2D eigenvalue weighted by Crippen LogP contribution is 2.18. The summed E-state index contributed by atoms with van der Waals surface area (Å²) in [6.45, 7) is 1.65. The van der Waals surface area contributed by atoms with Gasteiger partial charge in [0.2, 0.25) is 5.91 Å². The third-order valence-corrected chi connectivity index (χ3v) is 2.86. The van der Waals surface area contributed by atoms with Crippen molar-refractivity contribution in [2.24, 2.45) is 0 Å². The number of anilines is 1. The van der Waals surface area contributed by atoms with Crippen LogP contribution in [0.5, 0.6) is 0 Å². The van der Waals surface area contributed by atoms with E-state index in [-0.39, 0.29) is 17.9 Å². The molecule has 20 heavy (non-hydrogen) atoms. The first kappa shape index (κ1) is 14.1. The van der Waals surface area contributed by atoms with Crippen molar-refractivity contribution in [2.45, 2.75) is 25.9 Å². The Hall–Kier alpha value is -2.34. The van der Waals surface area contributed by atoms with Gasteiger partial charge < -0.3 is 10.4 Å². The Bertz CT molecular complexity index is 626. The minimum Gasteiger partial charge on any atom is -0.393 e. The van der Waals surface area contributed by atoms with Gasteiger partial charge in [0.05, 0.1) is 11.8 Å². The highest BCUT2D eigenvalue weighted by Gasteiger charge is 2.05. The van der Waals surface area contributed by atoms with E-state index in [1.807, 2.05) is 12.1 Å². The Kier molecular flexibility index (Phi) is 4.37. The van der Waals surface area contributed by atoms with Crippen molar-refractivity contribution in [1.29, 1.82) is 0 Å². The number of aromatic nitrogens is 2. The van der Waals surface area contributed by atoms with Gasteiger partial charge in [-0.25, -0.2) is 0 Å². The lowest BCUT2D eigenvalue weighted by Gasteiger charge is -2.07. The Morgan fingerprint density at radius 1 is 1.30 bits per heavy atom. The summed E-state index contributed by atoms with van der Waals surface area (Å²) in [6, 6.07) is 8.62. The third kappa shape index (κ3) is 3.83. The van der Waals surface area contributed by atoms with E-state index in [2.05, 4.69) is 15.5 Å². The fourth-order valence-corrected chi connectivity index (χ4v) is 1.78. The molecule has 2 aromatic rings. The van der Waals surface area contributed by atoms with Crippen molar-refractivity contribution >= 4 is 11.6 Å². The van der Waals surface area contributed by atoms with Crippen LogP contribution in [-0.4, -0.2) is 27.3 Å². The van der Waals surface area contributed by atoms with Gasteiger partial charge in [-0.2, -0.15) is 0 Å². The van der Waals surface area contributed by atoms with Gasteiger partial charge in [0, 0.05) is 18.2 Å². The Morgan fingerprint density at radius 3 is 2.55 bits per heavy atom. The Morgan fingerprint density at radius 2 is 2.00 bits per heavy atom. The van der Waals surface area contributed by atoms with Gasteiger partial charge in [0.1, 0.15) is 0 Å². The van der Waals surface area contributed by atoms with Crippen molar-refractivity contribution in [3.63, 3.8) is 0 Å². The molecular weight excluding hydrogens is 258 g/mol. The molecule has 4 N–H and O–H groups in total. The van der Waals surface area contributed by atoms with Gasteiger partial charge in [-0.3, -0.25) is 19.8 Å². The van der Waals surface area contributed by atoms with Gasteiger partial charge in [0.15, 0.2) is 0 Å². The summed E-state index contributed by atoms with van der Waals surface area (Å²) in [7, 11) is 0. The van der Waals surface area contributed by atoms with E-state index in [0.717, 1.165) is 5.56 Å². The minimum atomic E-state index is -0.478. The number of hydrogen-bond donors (Lipinski definition) is 4. The lowest BCUT2D eigenvalue weighted by Crippen LogP contribution is -2.13. The summed E-state index contributed by atoms with van der Waals surface area (Å²) >= 11 is 0. The van der Waals surface area contributed by atoms with E-state index in [0.29, 0.717) is 17.8 Å². The van der Waals surface area contributed by atoms with Crippen LogP contribution in [0.3, 0.4) is 0 Å². The second-order valence-corrected chi connectivity index (χ2v) is 4.69. The molecule has 0 saturated heterocycles. The molecule has 0 aliphatic rings. The van der Waals surface area contributed by atoms with Gasteiger partial charge in [-0.05, 0) is 31.0 Å². The molecule has 1 aromatic carbocycles. The van der Waals surface area contributed by atoms with Gasteiger partial charge in [-0.15, -0.1) is 0 Å². The number of rotatable bonds is 5. The quantitative estimate of drug-likeness (QED) is 0.665. The molecule has 1 heterocycles. The van der Waals surface area contributed by atoms with Crippen LogP contribution in [0.25, 0.3) is 11.3 Å². The number of carbonyl (C=O) groups is 1. The van der Waals surface area contributed by atoms with Crippen LogP contribution in [0.4, 0.5) is 5.69 Å². The molecule has 1 atom stereocenters. The average Bonchev–Trinajstić information content (AvgIpc) is 2.84. The SMILES string of the molecule is CC(O)CCC(=O)Nc1ccc(-c2cc(=O)[nH][nH]2)cc1. The second-order valence-electron chi connectivity index (χ2n) is 4.69. The van der Waals surface area contributed by atoms with E-state index in [1.165, 1.54) is 6.07 Å². The Balaban J connectivity index is 1.98. The van der Waals surface area contributed by atoms with E-state index in [1.54, 1.807) is 19.1 Å². The molecule has 0 fully saturated rings. The summed E-state index contributed by atoms with van der Waals surface area (Å²) in [6.07, 6.45) is 0.243. The summed E-state index contributed by atoms with van der Waals surface area (Å²) in [4.78, 5) is 22.6. The maximum absolute atomic E-state index is 11.6. The largest absolute Gasteiger partial charge is 0.393 e. The van der Waals surface area contributed by atoms with Crippen LogP contribution in [0.15, 0.2) is 35.1 Å². The summed E-state index contributed by atoms with van der Waals surface area (Å²) in [5, 5.41) is 17.1. The van der Waals surface area contributed by atoms with Crippen LogP contribution < -0.4 is 10.9 Å². The maximum Gasteiger partial charge on any atom is 0.264 e. The lowest BCUT2D eigenvalue weighted by molar-refractivity contribution is -0.116. The minimum absolute atomic E-state index is 0.131. The first-order valence-electron chi connectivity index (χ1n) is 6.40. The van der Waals surface area contributed by atoms with E-state index in [9.17, 15) is 9.59 Å². The molecule has 6 nitrogen and oxygen atoms in total. The van der Waals surface area contributed by atoms with Crippen LogP contribution in [0.2, 0.25) is 0 Å². The normalized spacial score (nSPS) is 12.1. The number of benzene rings is 1. The first-order chi connectivity index (χ1) is 9.54. The number of aromatic amines is 2. The molecule has 1 amide bonds. The smallest absolute Gasteiger partial charge is 0.264 e. The molecule has 1 unspecified atom stereocenters. The molecule has 1 aromatic heterocycles. The number of aliphatic hydroxyl groups excluding tert-OH is 1. The summed E-state index contributed by atoms with van der Waals surface area (Å²) in [5.41, 5.74) is 2.05. The topological polar surface area (TPSA) is 98.0 Å². The van der Waals surface area contributed by atoms with E-state index >= 15 is 0 Å². The highest BCUT2D eigenvalue weighted by atomic mass is 16.3. The van der Waals surface area contributed by atoms with Crippen molar-refractivity contribution in [3.05, 3.63) is 40.7 Å². The molecule has 6 heteroatoms. The molecule has 0 aliphatic heterocycles. The first-order valence-corrected chi connectivity index (χ1v) is 6.40. The number of hydrogen-bond acceptors (Lipinski definition) is 3. The van der Waals surface area contributed by atoms with Crippen LogP contribution in [0, 0.1) is 0 Å². The molecular formula is C14H17N3O3. The van der Waals surface area contributed by atoms with Crippen LogP contribution in [0.1, 0.15) is 19.8 Å². The Labute approximate surface area is 115 Å². The van der Waals surface area contributed by atoms with Crippen LogP contribution in [-0.2, 0) is 4.79 Å². The van der Waals surface area contributed by atoms with E-state index in [4.69, 9.17) is 5.11 Å². The van der Waals surface area contributed by atoms with Crippen molar-refractivity contribution in [1.82, 2.24) is 10.2 Å². The maximum atomic E-state index is 11.6. The summed E-state index contributed by atoms with van der Waals surface area (Å²) in [5.74, 6) is -0.131. The highest BCUT2D eigenvalue weighted by molar-refractivity contribution is 5.90. The summed E-state index contributed by atoms with van der Waals surface area (Å²) < 4.78 is 0. The molecule has 0 aliphatic carbocycles. The zero-order valence-corrected chi connectivity index (χ0v) is 11.1. The fraction of sp³-hybridized carbons (Fsp3) is 0.286. The predicted molar refractivity (Wildman–Crippen MR) is 76.4 cm³/mol.